The number of pyridine rings is 1. The van der Waals surface area contributed by atoms with Crippen molar-refractivity contribution in [2.24, 2.45) is 0 Å². The number of piperidine rings is 6. The van der Waals surface area contributed by atoms with Crippen LogP contribution in [-0.4, -0.2) is 214 Å². The molecule has 6 fully saturated rings. The topological polar surface area (TPSA) is 257 Å². The number of allylic oxidation sites excluding steroid dienone is 9. The second kappa shape index (κ2) is 48.0. The zero-order valence-electron chi connectivity index (χ0n) is 82.9. The van der Waals surface area contributed by atoms with Crippen molar-refractivity contribution in [3.05, 3.63) is 248 Å². The molecule has 28 heteroatoms. The van der Waals surface area contributed by atoms with Crippen LogP contribution in [-0.2, 0) is 33.6 Å². The minimum Gasteiger partial charge on any atom is -0.493 e. The number of furan rings is 1. The van der Waals surface area contributed by atoms with E-state index < -0.39 is 18.3 Å². The van der Waals surface area contributed by atoms with Crippen LogP contribution in [0.2, 0.25) is 0 Å². The van der Waals surface area contributed by atoms with Gasteiger partial charge in [0.2, 0.25) is 17.2 Å². The lowest BCUT2D eigenvalue weighted by atomic mass is 9.98. The van der Waals surface area contributed by atoms with E-state index in [9.17, 15) is 41.9 Å². The Balaban J connectivity index is 0.000000153. The molecule has 18 rings (SSSR count). The van der Waals surface area contributed by atoms with Crippen molar-refractivity contribution in [3.8, 4) is 51.7 Å². The summed E-state index contributed by atoms with van der Waals surface area (Å²) in [6.45, 7) is 16.8. The van der Waals surface area contributed by atoms with E-state index in [1.165, 1.54) is 137 Å². The number of hydrogen-bond donors (Lipinski definition) is 0. The summed E-state index contributed by atoms with van der Waals surface area (Å²) in [7, 11) is 9.19. The van der Waals surface area contributed by atoms with Gasteiger partial charge in [0.05, 0.1) is 68.0 Å². The monoisotopic (exact) mass is 1940 g/mol. The van der Waals surface area contributed by atoms with Crippen LogP contribution in [0.3, 0.4) is 0 Å². The average molecular weight is 1940 g/mol. The van der Waals surface area contributed by atoms with Gasteiger partial charge in [-0.3, -0.25) is 19.4 Å². The molecular formula is C114H129F3N8O17. The minimum absolute atomic E-state index is 0.0170. The number of Topliss-reactive ketones (excluding diaryl/α,β-unsaturated/α-hetero) is 3. The molecule has 6 aliphatic heterocycles. The highest BCUT2D eigenvalue weighted by Crippen LogP contribution is 2.51. The van der Waals surface area contributed by atoms with Crippen molar-refractivity contribution in [2.45, 2.75) is 193 Å². The lowest BCUT2D eigenvalue weighted by molar-refractivity contribution is -0.119. The number of rotatable bonds is 30. The Morgan fingerprint density at radius 1 is 0.366 bits per heavy atom. The molecule has 6 aromatic carbocycles. The fourth-order valence-electron chi connectivity index (χ4n) is 21.5. The van der Waals surface area contributed by atoms with Gasteiger partial charge in [0.1, 0.15) is 46.3 Å². The fraction of sp³-hybridized carbons (Fsp3) is 0.421. The summed E-state index contributed by atoms with van der Waals surface area (Å²) in [6.07, 6.45) is 31.3. The van der Waals surface area contributed by atoms with Crippen molar-refractivity contribution in [1.29, 1.82) is 0 Å². The van der Waals surface area contributed by atoms with Gasteiger partial charge in [-0.05, 0) is 371 Å². The molecule has 748 valence electrons. The number of amides is 3. The van der Waals surface area contributed by atoms with E-state index in [-0.39, 0.29) is 71.3 Å². The summed E-state index contributed by atoms with van der Waals surface area (Å²) in [5.41, 5.74) is 16.6. The lowest BCUT2D eigenvalue weighted by Crippen LogP contribution is -2.48. The number of carbonyl (C=O) groups excluding carboxylic acids is 6. The summed E-state index contributed by atoms with van der Waals surface area (Å²) >= 11 is 0. The quantitative estimate of drug-likeness (QED) is 0.0405. The van der Waals surface area contributed by atoms with E-state index in [4.69, 9.17) is 51.6 Å². The Hall–Kier alpha value is -13.3. The smallest absolute Gasteiger partial charge is 0.415 e. The molecule has 0 N–H and O–H groups in total. The Bertz CT molecular complexity index is 5900. The summed E-state index contributed by atoms with van der Waals surface area (Å²) in [4.78, 5) is 95.3. The molecule has 3 aliphatic carbocycles. The third-order valence-electron chi connectivity index (χ3n) is 29.1. The molecule has 0 atom stereocenters. The van der Waals surface area contributed by atoms with Gasteiger partial charge in [0.15, 0.2) is 34.5 Å². The molecule has 0 radical (unpaired) electrons. The summed E-state index contributed by atoms with van der Waals surface area (Å²) in [5, 5.41) is 3.67. The van der Waals surface area contributed by atoms with Crippen LogP contribution in [0.5, 0.6) is 51.7 Å². The maximum atomic E-state index is 14.5. The molecule has 6 saturated heterocycles. The summed E-state index contributed by atoms with van der Waals surface area (Å²) in [6, 6.07) is 35.6. The zero-order chi connectivity index (χ0) is 99.5. The van der Waals surface area contributed by atoms with Crippen molar-refractivity contribution in [1.82, 2.24) is 39.5 Å². The molecule has 0 spiro atoms. The van der Waals surface area contributed by atoms with E-state index in [1.807, 2.05) is 75.4 Å². The number of fused-ring (bicyclic) bond motifs is 3. The Kier molecular flexibility index (Phi) is 34.3. The number of benzene rings is 6. The van der Waals surface area contributed by atoms with Gasteiger partial charge < -0.3 is 81.0 Å². The van der Waals surface area contributed by atoms with E-state index >= 15 is 0 Å². The number of ether oxygens (including phenoxy) is 9. The Labute approximate surface area is 829 Å². The van der Waals surface area contributed by atoms with Crippen LogP contribution in [0.4, 0.5) is 27.6 Å². The van der Waals surface area contributed by atoms with Crippen LogP contribution in [0.25, 0.3) is 51.7 Å². The highest BCUT2D eigenvalue weighted by Gasteiger charge is 2.37. The minimum atomic E-state index is -0.419. The molecule has 142 heavy (non-hydrogen) atoms. The van der Waals surface area contributed by atoms with E-state index in [0.717, 1.165) is 184 Å². The number of methoxy groups -OCH3 is 6. The largest absolute Gasteiger partial charge is 0.493 e. The predicted octanol–water partition coefficient (Wildman–Crippen LogP) is 22.6. The standard InChI is InChI=1S/C39H44FN3O5.C38H43FN2O6.C37H42FN3O6/c1-26-32(12-10-31(44)20-27-8-7-15-41-25-27)35-24-29(40)9-11-33(35)34(26)21-28-22-36(46-2)38(37(23-28)47-3)48-39(45)43-18-13-30(14-19-43)42-16-5-4-6-17-42;1-25-31(12-10-29(42)24-30-8-7-19-46-30)34-23-27(39)9-11-32(34)33(25)20-26-21-35(44-2)37(36(22-26)45-3)47-38(43)41-17-13-28(14-18-41)40-15-5-4-6-16-40;1-24-30(10-8-28(42)23-29-11-14-39-47-29)33-22-26(38)7-9-31(33)32(24)19-25-20-34(44-2)36(35(21-25)45-3)46-37(43)41-17-12-27(13-18-41)40-15-5-4-6-16-40/h7-9,11,15,21-25,30H,4-6,10,12-14,16-20H2,1-3H3;7-9,11,19-23,28H,4-6,10,12-18,24H2,1-3H3;7,9,11,14,19-22,27H,4-6,8,10,12-13,15-18,23H2,1-3H3/b34-21-;33-20-;32-19-. The number of aromatic nitrogens is 2. The first kappa shape index (κ1) is 102. The average Bonchev–Trinajstić information content (AvgIpc) is 1.62. The highest BCUT2D eigenvalue weighted by molar-refractivity contribution is 6.08. The van der Waals surface area contributed by atoms with E-state index in [2.05, 4.69) is 24.8 Å². The third kappa shape index (κ3) is 24.7. The summed E-state index contributed by atoms with van der Waals surface area (Å²) < 4.78 is 106. The number of carbonyl (C=O) groups is 6. The maximum Gasteiger partial charge on any atom is 0.415 e. The molecule has 9 aromatic rings. The van der Waals surface area contributed by atoms with Gasteiger partial charge in [-0.2, -0.15) is 0 Å². The van der Waals surface area contributed by atoms with Crippen LogP contribution < -0.4 is 42.6 Å². The first-order valence-electron chi connectivity index (χ1n) is 50.0. The van der Waals surface area contributed by atoms with Crippen LogP contribution in [0.1, 0.15) is 223 Å². The fourth-order valence-corrected chi connectivity index (χ4v) is 21.5. The molecular weight excluding hydrogens is 1810 g/mol. The molecule has 3 amide bonds. The second-order valence-electron chi connectivity index (χ2n) is 37.9. The number of ketones is 3. The third-order valence-corrected chi connectivity index (χ3v) is 29.1. The Morgan fingerprint density at radius 2 is 0.690 bits per heavy atom. The van der Waals surface area contributed by atoms with Crippen molar-refractivity contribution >= 4 is 87.3 Å². The Morgan fingerprint density at radius 3 is 0.979 bits per heavy atom. The molecule has 9 heterocycles. The molecule has 9 aliphatic rings. The van der Waals surface area contributed by atoms with Gasteiger partial charge in [0, 0.05) is 102 Å². The molecule has 0 saturated carbocycles. The predicted molar refractivity (Wildman–Crippen MR) is 541 cm³/mol. The highest BCUT2D eigenvalue weighted by atomic mass is 19.1. The number of halogens is 3. The molecule has 25 nitrogen and oxygen atoms in total. The van der Waals surface area contributed by atoms with Crippen molar-refractivity contribution in [3.63, 3.8) is 0 Å². The van der Waals surface area contributed by atoms with Gasteiger partial charge >= 0.3 is 18.3 Å². The van der Waals surface area contributed by atoms with Gasteiger partial charge in [0.25, 0.3) is 0 Å². The van der Waals surface area contributed by atoms with Crippen molar-refractivity contribution in [2.75, 3.05) is 121 Å². The molecule has 0 unspecified atom stereocenters. The first-order valence-corrected chi connectivity index (χ1v) is 50.0. The lowest BCUT2D eigenvalue weighted by Gasteiger charge is -2.39. The number of nitrogens with zero attached hydrogens (tertiary/aromatic N) is 8. The molecule has 3 aromatic heterocycles. The SMILES string of the molecule is COc1cc(/C=C2/C(C)=C(CCC(=O)Cc3cccnc3)c3cc(F)ccc32)cc(OC)c1OC(=O)N1CCC(N2CCCCC2)CC1.COc1cc(/C=C2/C(C)=C(CCC(=O)Cc3ccco3)c3cc(F)ccc32)cc(OC)c1OC(=O)N1CCC(N2CCCCC2)CC1.COc1cc(/C=C2/C(C)=C(CCC(=O)Cc3ccno3)c3cc(F)ccc32)cc(OC)c1OC(=O)N1CCC(N2CCCCC2)CC1. The number of likely N-dealkylation sites (tertiary alicyclic amines) is 6. The second-order valence-corrected chi connectivity index (χ2v) is 37.9. The van der Waals surface area contributed by atoms with Crippen molar-refractivity contribution < 1.29 is 93.5 Å². The normalized spacial score (nSPS) is 18.0. The number of hydrogen-bond acceptors (Lipinski definition) is 22. The van der Waals surface area contributed by atoms with E-state index in [0.29, 0.717) is 142 Å². The van der Waals surface area contributed by atoms with Crippen LogP contribution >= 0.6 is 0 Å². The van der Waals surface area contributed by atoms with Crippen LogP contribution in [0.15, 0.2) is 172 Å². The summed E-state index contributed by atoms with van der Waals surface area (Å²) in [5.74, 6) is 3.25. The molecule has 0 bridgehead atoms. The van der Waals surface area contributed by atoms with E-state index in [1.54, 1.807) is 88.0 Å². The van der Waals surface area contributed by atoms with Gasteiger partial charge in [-0.15, -0.1) is 0 Å². The maximum absolute atomic E-state index is 14.5. The van der Waals surface area contributed by atoms with Crippen LogP contribution in [0, 0.1) is 17.5 Å². The first-order chi connectivity index (χ1) is 69.0. The van der Waals surface area contributed by atoms with Gasteiger partial charge in [-0.25, -0.2) is 27.6 Å². The van der Waals surface area contributed by atoms with Gasteiger partial charge in [-0.1, -0.05) is 48.7 Å². The zero-order valence-corrected chi connectivity index (χ0v) is 82.9.